The van der Waals surface area contributed by atoms with E-state index >= 15 is 0 Å². The van der Waals surface area contributed by atoms with Crippen LogP contribution in [0.25, 0.3) is 11.3 Å². The molecule has 0 amide bonds. The van der Waals surface area contributed by atoms with E-state index in [9.17, 15) is 8.78 Å². The molecule has 3 rings (SSSR count). The fraction of sp³-hybridized carbons (Fsp3) is 0.400. The second-order valence-electron chi connectivity index (χ2n) is 5.20. The zero-order valence-electron chi connectivity index (χ0n) is 11.1. The molecule has 106 valence electrons. The van der Waals surface area contributed by atoms with Crippen molar-refractivity contribution in [3.8, 4) is 11.3 Å². The van der Waals surface area contributed by atoms with Crippen LogP contribution in [0.3, 0.4) is 0 Å². The summed E-state index contributed by atoms with van der Waals surface area (Å²) in [7, 11) is 0. The summed E-state index contributed by atoms with van der Waals surface area (Å²) in [5.41, 5.74) is 1.12. The Labute approximate surface area is 116 Å². The van der Waals surface area contributed by atoms with E-state index in [1.165, 1.54) is 31.4 Å². The summed E-state index contributed by atoms with van der Waals surface area (Å²) in [6, 6.07) is 3.68. The molecule has 2 N–H and O–H groups in total. The zero-order valence-corrected chi connectivity index (χ0v) is 11.1. The van der Waals surface area contributed by atoms with E-state index in [0.717, 1.165) is 24.9 Å². The molecule has 0 aliphatic carbocycles. The molecular weight excluding hydrogens is 260 g/mol. The van der Waals surface area contributed by atoms with E-state index in [0.29, 0.717) is 11.3 Å². The SMILES string of the molecule is Fc1cc(F)cc(-c2cnc(C3CCCCCN3)[nH]2)c1. The highest BCUT2D eigenvalue weighted by Crippen LogP contribution is 2.24. The highest BCUT2D eigenvalue weighted by atomic mass is 19.1. The van der Waals surface area contributed by atoms with Crippen LogP contribution in [0.15, 0.2) is 24.4 Å². The van der Waals surface area contributed by atoms with Gasteiger partial charge in [0, 0.05) is 11.6 Å². The Bertz CT molecular complexity index is 566. The van der Waals surface area contributed by atoms with Crippen LogP contribution in [-0.2, 0) is 0 Å². The van der Waals surface area contributed by atoms with Crippen LogP contribution in [-0.4, -0.2) is 16.5 Å². The minimum atomic E-state index is -0.580. The van der Waals surface area contributed by atoms with E-state index in [2.05, 4.69) is 15.3 Å². The molecule has 0 radical (unpaired) electrons. The standard InChI is InChI=1S/C15H17F2N3/c16-11-6-10(7-12(17)8-11)14-9-19-15(20-14)13-4-2-1-3-5-18-13/h6-9,13,18H,1-5H2,(H,19,20). The summed E-state index contributed by atoms with van der Waals surface area (Å²) < 4.78 is 26.5. The van der Waals surface area contributed by atoms with Crippen LogP contribution < -0.4 is 5.32 Å². The first kappa shape index (κ1) is 13.2. The van der Waals surface area contributed by atoms with Crippen molar-refractivity contribution in [1.82, 2.24) is 15.3 Å². The van der Waals surface area contributed by atoms with Gasteiger partial charge in [-0.3, -0.25) is 0 Å². The number of imidazole rings is 1. The van der Waals surface area contributed by atoms with Gasteiger partial charge in [-0.25, -0.2) is 13.8 Å². The third-order valence-electron chi connectivity index (χ3n) is 3.66. The van der Waals surface area contributed by atoms with E-state index in [-0.39, 0.29) is 6.04 Å². The minimum absolute atomic E-state index is 0.199. The molecule has 1 atom stereocenters. The molecule has 1 fully saturated rings. The predicted molar refractivity (Wildman–Crippen MR) is 73.2 cm³/mol. The number of hydrogen-bond donors (Lipinski definition) is 2. The lowest BCUT2D eigenvalue weighted by atomic mass is 10.1. The Morgan fingerprint density at radius 3 is 2.65 bits per heavy atom. The van der Waals surface area contributed by atoms with Crippen LogP contribution in [0.4, 0.5) is 8.78 Å². The first-order valence-electron chi connectivity index (χ1n) is 6.97. The maximum Gasteiger partial charge on any atom is 0.126 e. The number of halogens is 2. The topological polar surface area (TPSA) is 40.7 Å². The largest absolute Gasteiger partial charge is 0.341 e. The lowest BCUT2D eigenvalue weighted by Gasteiger charge is -2.12. The van der Waals surface area contributed by atoms with E-state index in [1.807, 2.05) is 0 Å². The molecule has 2 heterocycles. The van der Waals surface area contributed by atoms with E-state index < -0.39 is 11.6 Å². The van der Waals surface area contributed by atoms with Crippen molar-refractivity contribution in [2.75, 3.05) is 6.54 Å². The van der Waals surface area contributed by atoms with Gasteiger partial charge in [0.1, 0.15) is 17.5 Å². The van der Waals surface area contributed by atoms with Gasteiger partial charge in [0.05, 0.1) is 17.9 Å². The molecule has 0 bridgehead atoms. The lowest BCUT2D eigenvalue weighted by Crippen LogP contribution is -2.21. The summed E-state index contributed by atoms with van der Waals surface area (Å²) in [6.45, 7) is 0.981. The summed E-state index contributed by atoms with van der Waals surface area (Å²) >= 11 is 0. The second-order valence-corrected chi connectivity index (χ2v) is 5.20. The van der Waals surface area contributed by atoms with Crippen molar-refractivity contribution in [1.29, 1.82) is 0 Å². The number of rotatable bonds is 2. The number of nitrogens with zero attached hydrogens (tertiary/aromatic N) is 1. The summed E-state index contributed by atoms with van der Waals surface area (Å²) in [6.07, 6.45) is 6.24. The molecule has 2 aromatic rings. The molecular formula is C15H17F2N3. The Hall–Kier alpha value is -1.75. The Morgan fingerprint density at radius 2 is 1.85 bits per heavy atom. The first-order chi connectivity index (χ1) is 9.72. The summed E-state index contributed by atoms with van der Waals surface area (Å²) in [5.74, 6) is -0.320. The van der Waals surface area contributed by atoms with Crippen molar-refractivity contribution in [3.63, 3.8) is 0 Å². The van der Waals surface area contributed by atoms with E-state index in [1.54, 1.807) is 6.20 Å². The summed E-state index contributed by atoms with van der Waals surface area (Å²) in [5, 5.41) is 3.44. The third kappa shape index (κ3) is 2.88. The van der Waals surface area contributed by atoms with Gasteiger partial charge in [0.25, 0.3) is 0 Å². The fourth-order valence-electron chi connectivity index (χ4n) is 2.63. The molecule has 0 saturated carbocycles. The summed E-state index contributed by atoms with van der Waals surface area (Å²) in [4.78, 5) is 7.53. The predicted octanol–water partition coefficient (Wildman–Crippen LogP) is 3.56. The first-order valence-corrected chi connectivity index (χ1v) is 6.97. The van der Waals surface area contributed by atoms with Gasteiger partial charge in [-0.05, 0) is 31.5 Å². The van der Waals surface area contributed by atoms with Gasteiger partial charge in [-0.2, -0.15) is 0 Å². The molecule has 3 nitrogen and oxygen atoms in total. The quantitative estimate of drug-likeness (QED) is 0.881. The van der Waals surface area contributed by atoms with Crippen LogP contribution >= 0.6 is 0 Å². The van der Waals surface area contributed by atoms with Crippen LogP contribution in [0.1, 0.15) is 37.5 Å². The average molecular weight is 277 g/mol. The highest BCUT2D eigenvalue weighted by molar-refractivity contribution is 5.58. The molecule has 5 heteroatoms. The van der Waals surface area contributed by atoms with Gasteiger partial charge in [-0.1, -0.05) is 12.8 Å². The van der Waals surface area contributed by atoms with Crippen LogP contribution in [0.2, 0.25) is 0 Å². The second kappa shape index (κ2) is 5.71. The minimum Gasteiger partial charge on any atom is -0.341 e. The number of hydrogen-bond acceptors (Lipinski definition) is 2. The normalized spacial score (nSPS) is 19.8. The van der Waals surface area contributed by atoms with E-state index in [4.69, 9.17) is 0 Å². The molecule has 1 aliphatic rings. The van der Waals surface area contributed by atoms with Crippen molar-refractivity contribution in [2.45, 2.75) is 31.7 Å². The Balaban J connectivity index is 1.85. The van der Waals surface area contributed by atoms with Crippen LogP contribution in [0.5, 0.6) is 0 Å². The van der Waals surface area contributed by atoms with Gasteiger partial charge in [-0.15, -0.1) is 0 Å². The molecule has 1 aromatic carbocycles. The maximum atomic E-state index is 13.2. The highest BCUT2D eigenvalue weighted by Gasteiger charge is 2.17. The van der Waals surface area contributed by atoms with Gasteiger partial charge < -0.3 is 10.3 Å². The zero-order chi connectivity index (χ0) is 13.9. The van der Waals surface area contributed by atoms with Crippen molar-refractivity contribution in [2.24, 2.45) is 0 Å². The number of nitrogens with one attached hydrogen (secondary N) is 2. The lowest BCUT2D eigenvalue weighted by molar-refractivity contribution is 0.512. The number of benzene rings is 1. The van der Waals surface area contributed by atoms with Crippen molar-refractivity contribution >= 4 is 0 Å². The molecule has 1 aromatic heterocycles. The molecule has 1 aliphatic heterocycles. The fourth-order valence-corrected chi connectivity index (χ4v) is 2.63. The monoisotopic (exact) mass is 277 g/mol. The smallest absolute Gasteiger partial charge is 0.126 e. The number of aromatic amines is 1. The average Bonchev–Trinajstić information content (AvgIpc) is 2.74. The molecule has 0 spiro atoms. The van der Waals surface area contributed by atoms with Crippen molar-refractivity contribution in [3.05, 3.63) is 41.9 Å². The van der Waals surface area contributed by atoms with Gasteiger partial charge in [0.2, 0.25) is 0 Å². The number of H-pyrrole nitrogens is 1. The molecule has 20 heavy (non-hydrogen) atoms. The van der Waals surface area contributed by atoms with Gasteiger partial charge >= 0.3 is 0 Å². The molecule has 1 unspecified atom stereocenters. The van der Waals surface area contributed by atoms with Crippen molar-refractivity contribution < 1.29 is 8.78 Å². The Kier molecular flexibility index (Phi) is 3.78. The van der Waals surface area contributed by atoms with Crippen LogP contribution in [0, 0.1) is 11.6 Å². The number of aromatic nitrogens is 2. The van der Waals surface area contributed by atoms with Gasteiger partial charge in [0.15, 0.2) is 0 Å². The Morgan fingerprint density at radius 1 is 1.05 bits per heavy atom. The molecule has 1 saturated heterocycles. The third-order valence-corrected chi connectivity index (χ3v) is 3.66. The maximum absolute atomic E-state index is 13.2.